The van der Waals surface area contributed by atoms with Crippen LogP contribution in [0.2, 0.25) is 0 Å². The third-order valence-corrected chi connectivity index (χ3v) is 2.82. The van der Waals surface area contributed by atoms with Crippen molar-refractivity contribution in [1.29, 1.82) is 0 Å². The smallest absolute Gasteiger partial charge is 0.0642 e. The summed E-state index contributed by atoms with van der Waals surface area (Å²) in [4.78, 5) is 2.28. The molecule has 2 rings (SSSR count). The molecule has 1 aliphatic heterocycles. The summed E-state index contributed by atoms with van der Waals surface area (Å²) in [6.07, 6.45) is 0. The van der Waals surface area contributed by atoms with E-state index >= 15 is 0 Å². The van der Waals surface area contributed by atoms with Crippen LogP contribution in [0.1, 0.15) is 5.56 Å². The van der Waals surface area contributed by atoms with Crippen LogP contribution in [0, 0.1) is 0 Å². The molecule has 1 aromatic rings. The zero-order valence-electron chi connectivity index (χ0n) is 9.70. The van der Waals surface area contributed by atoms with Crippen LogP contribution in [0.25, 0.3) is 0 Å². The predicted molar refractivity (Wildman–Crippen MR) is 66.7 cm³/mol. The fourth-order valence-corrected chi connectivity index (χ4v) is 2.01. The summed E-state index contributed by atoms with van der Waals surface area (Å²) in [7, 11) is 1.94. The molecule has 0 atom stereocenters. The van der Waals surface area contributed by atoms with Gasteiger partial charge in [-0.3, -0.25) is 0 Å². The van der Waals surface area contributed by atoms with E-state index < -0.39 is 0 Å². The Kier molecular flexibility index (Phi) is 3.64. The monoisotopic (exact) mass is 221 g/mol. The first-order valence-corrected chi connectivity index (χ1v) is 5.67. The topological polar surface area (TPSA) is 50.5 Å². The van der Waals surface area contributed by atoms with Crippen LogP contribution in [-0.2, 0) is 11.3 Å². The van der Waals surface area contributed by atoms with Gasteiger partial charge in [0, 0.05) is 19.6 Å². The van der Waals surface area contributed by atoms with Crippen molar-refractivity contribution in [2.75, 3.05) is 44.0 Å². The molecule has 0 spiro atoms. The fraction of sp³-hybridized carbons (Fsp3) is 0.500. The summed E-state index contributed by atoms with van der Waals surface area (Å²) in [5, 5.41) is 3.12. The van der Waals surface area contributed by atoms with E-state index in [-0.39, 0.29) is 0 Å². The van der Waals surface area contributed by atoms with Gasteiger partial charge in [-0.25, -0.2) is 0 Å². The van der Waals surface area contributed by atoms with E-state index in [0.29, 0.717) is 0 Å². The van der Waals surface area contributed by atoms with Crippen LogP contribution in [-0.4, -0.2) is 33.4 Å². The maximum absolute atomic E-state index is 6.07. The van der Waals surface area contributed by atoms with Crippen LogP contribution < -0.4 is 16.0 Å². The first kappa shape index (κ1) is 11.2. The quantitative estimate of drug-likeness (QED) is 0.742. The third kappa shape index (κ3) is 2.46. The highest BCUT2D eigenvalue weighted by molar-refractivity contribution is 5.68. The summed E-state index contributed by atoms with van der Waals surface area (Å²) in [6.45, 7) is 4.29. The number of ether oxygens (including phenoxy) is 1. The van der Waals surface area contributed by atoms with E-state index in [1.807, 2.05) is 13.1 Å². The van der Waals surface area contributed by atoms with Gasteiger partial charge in [0.1, 0.15) is 0 Å². The second-order valence-electron chi connectivity index (χ2n) is 4.02. The highest BCUT2D eigenvalue weighted by Crippen LogP contribution is 2.25. The Morgan fingerprint density at radius 3 is 2.75 bits per heavy atom. The van der Waals surface area contributed by atoms with Gasteiger partial charge >= 0.3 is 0 Å². The second-order valence-corrected chi connectivity index (χ2v) is 4.02. The van der Waals surface area contributed by atoms with E-state index in [1.165, 1.54) is 5.56 Å². The molecule has 4 heteroatoms. The highest BCUT2D eigenvalue weighted by atomic mass is 16.5. The molecule has 3 N–H and O–H groups in total. The molecule has 0 saturated carbocycles. The average molecular weight is 221 g/mol. The average Bonchev–Trinajstić information content (AvgIpc) is 2.31. The maximum atomic E-state index is 6.07. The molecule has 0 aliphatic carbocycles. The number of hydrogen-bond donors (Lipinski definition) is 2. The number of nitrogen functional groups attached to an aromatic ring is 1. The molecule has 0 amide bonds. The normalized spacial score (nSPS) is 16.4. The lowest BCUT2D eigenvalue weighted by Crippen LogP contribution is -2.36. The molecule has 16 heavy (non-hydrogen) atoms. The maximum Gasteiger partial charge on any atom is 0.0642 e. The predicted octanol–water partition coefficient (Wildman–Crippen LogP) is 0.825. The first-order chi connectivity index (χ1) is 7.81. The molecule has 1 aromatic carbocycles. The zero-order chi connectivity index (χ0) is 11.4. The lowest BCUT2D eigenvalue weighted by atomic mass is 10.1. The van der Waals surface area contributed by atoms with Gasteiger partial charge in [0.2, 0.25) is 0 Å². The minimum Gasteiger partial charge on any atom is -0.397 e. The van der Waals surface area contributed by atoms with Crippen LogP contribution in [0.15, 0.2) is 18.2 Å². The van der Waals surface area contributed by atoms with E-state index in [0.717, 1.165) is 44.2 Å². The van der Waals surface area contributed by atoms with Crippen molar-refractivity contribution in [3.63, 3.8) is 0 Å². The minimum absolute atomic E-state index is 0.789. The van der Waals surface area contributed by atoms with Crippen molar-refractivity contribution in [2.45, 2.75) is 6.54 Å². The molecule has 1 saturated heterocycles. The molecular formula is C12H19N3O. The Balaban J connectivity index is 2.14. The third-order valence-electron chi connectivity index (χ3n) is 2.82. The number of nitrogens with zero attached hydrogens (tertiary/aromatic N) is 1. The number of anilines is 2. The van der Waals surface area contributed by atoms with Crippen molar-refractivity contribution in [3.05, 3.63) is 23.8 Å². The van der Waals surface area contributed by atoms with Crippen molar-refractivity contribution in [2.24, 2.45) is 0 Å². The fourth-order valence-electron chi connectivity index (χ4n) is 2.01. The van der Waals surface area contributed by atoms with Crippen molar-refractivity contribution in [1.82, 2.24) is 5.32 Å². The molecule has 4 nitrogen and oxygen atoms in total. The van der Waals surface area contributed by atoms with Crippen molar-refractivity contribution < 1.29 is 4.74 Å². The minimum atomic E-state index is 0.789. The van der Waals surface area contributed by atoms with Gasteiger partial charge in [-0.05, 0) is 24.7 Å². The summed E-state index contributed by atoms with van der Waals surface area (Å²) in [6, 6.07) is 6.27. The van der Waals surface area contributed by atoms with Crippen molar-refractivity contribution >= 4 is 11.4 Å². The number of morpholine rings is 1. The number of hydrogen-bond acceptors (Lipinski definition) is 4. The SMILES string of the molecule is CNCc1ccc(N2CCOCC2)c(N)c1. The van der Waals surface area contributed by atoms with Gasteiger partial charge in [-0.15, -0.1) is 0 Å². The van der Waals surface area contributed by atoms with Gasteiger partial charge in [-0.1, -0.05) is 6.07 Å². The van der Waals surface area contributed by atoms with Gasteiger partial charge in [-0.2, -0.15) is 0 Å². The lowest BCUT2D eigenvalue weighted by Gasteiger charge is -2.30. The van der Waals surface area contributed by atoms with E-state index in [1.54, 1.807) is 0 Å². The Morgan fingerprint density at radius 1 is 1.38 bits per heavy atom. The largest absolute Gasteiger partial charge is 0.397 e. The number of nitrogens with one attached hydrogen (secondary N) is 1. The molecule has 0 aromatic heterocycles. The first-order valence-electron chi connectivity index (χ1n) is 5.67. The van der Waals surface area contributed by atoms with Crippen LogP contribution in [0.3, 0.4) is 0 Å². The molecule has 1 aliphatic rings. The lowest BCUT2D eigenvalue weighted by molar-refractivity contribution is 0.123. The number of rotatable bonds is 3. The molecular weight excluding hydrogens is 202 g/mol. The summed E-state index contributed by atoms with van der Waals surface area (Å²) < 4.78 is 5.33. The Bertz CT molecular complexity index is 348. The van der Waals surface area contributed by atoms with Gasteiger partial charge in [0.15, 0.2) is 0 Å². The van der Waals surface area contributed by atoms with Crippen molar-refractivity contribution in [3.8, 4) is 0 Å². The summed E-state index contributed by atoms with van der Waals surface area (Å²) in [5.74, 6) is 0. The molecule has 88 valence electrons. The van der Waals surface area contributed by atoms with Crippen LogP contribution in [0.4, 0.5) is 11.4 Å². The molecule has 0 unspecified atom stereocenters. The second kappa shape index (κ2) is 5.18. The number of nitrogens with two attached hydrogens (primary N) is 1. The van der Waals surface area contributed by atoms with Gasteiger partial charge < -0.3 is 20.7 Å². The van der Waals surface area contributed by atoms with Crippen LogP contribution in [0.5, 0.6) is 0 Å². The van der Waals surface area contributed by atoms with Gasteiger partial charge in [0.05, 0.1) is 24.6 Å². The zero-order valence-corrected chi connectivity index (χ0v) is 9.70. The molecule has 1 heterocycles. The Labute approximate surface area is 96.4 Å². The Morgan fingerprint density at radius 2 is 2.12 bits per heavy atom. The highest BCUT2D eigenvalue weighted by Gasteiger charge is 2.13. The molecule has 0 radical (unpaired) electrons. The summed E-state index contributed by atoms with van der Waals surface area (Å²) >= 11 is 0. The van der Waals surface area contributed by atoms with Gasteiger partial charge in [0.25, 0.3) is 0 Å². The Hall–Kier alpha value is -1.26. The number of benzene rings is 1. The molecule has 1 fully saturated rings. The standard InChI is InChI=1S/C12H19N3O/c1-14-9-10-2-3-12(11(13)8-10)15-4-6-16-7-5-15/h2-3,8,14H,4-7,9,13H2,1H3. The van der Waals surface area contributed by atoms with E-state index in [4.69, 9.17) is 10.5 Å². The van der Waals surface area contributed by atoms with Crippen LogP contribution >= 0.6 is 0 Å². The molecule has 0 bridgehead atoms. The van der Waals surface area contributed by atoms with E-state index in [2.05, 4.69) is 22.3 Å². The van der Waals surface area contributed by atoms with E-state index in [9.17, 15) is 0 Å². The summed E-state index contributed by atoms with van der Waals surface area (Å²) in [5.41, 5.74) is 9.28.